The Kier molecular flexibility index (Phi) is 5.14. The molecule has 114 valence electrons. The third kappa shape index (κ3) is 3.71. The van der Waals surface area contributed by atoms with Gasteiger partial charge in [-0.1, -0.05) is 26.3 Å². The van der Waals surface area contributed by atoms with Gasteiger partial charge in [-0.25, -0.2) is 0 Å². The molecule has 2 aromatic heterocycles. The molecular weight excluding hydrogens is 286 g/mol. The number of aryl methyl sites for hydroxylation is 1. The number of carbonyl (C=O) groups is 1. The molecule has 2 atom stereocenters. The maximum atomic E-state index is 12.3. The quantitative estimate of drug-likeness (QED) is 0.860. The summed E-state index contributed by atoms with van der Waals surface area (Å²) in [7, 11) is 1.79. The summed E-state index contributed by atoms with van der Waals surface area (Å²) >= 11 is 1.55. The summed E-state index contributed by atoms with van der Waals surface area (Å²) < 4.78 is 1.63. The second-order valence-electron chi connectivity index (χ2n) is 5.21. The van der Waals surface area contributed by atoms with Gasteiger partial charge in [-0.2, -0.15) is 5.10 Å². The van der Waals surface area contributed by atoms with E-state index in [4.69, 9.17) is 0 Å². The van der Waals surface area contributed by atoms with Crippen molar-refractivity contribution in [3.63, 3.8) is 0 Å². The minimum Gasteiger partial charge on any atom is -0.391 e. The number of aromatic nitrogens is 2. The summed E-state index contributed by atoms with van der Waals surface area (Å²) in [5, 5.41) is 19.0. The van der Waals surface area contributed by atoms with Crippen LogP contribution in [0.3, 0.4) is 0 Å². The van der Waals surface area contributed by atoms with Gasteiger partial charge in [-0.3, -0.25) is 9.48 Å². The highest BCUT2D eigenvalue weighted by Crippen LogP contribution is 2.26. The van der Waals surface area contributed by atoms with E-state index >= 15 is 0 Å². The van der Waals surface area contributed by atoms with E-state index in [1.807, 2.05) is 31.4 Å². The van der Waals surface area contributed by atoms with Crippen molar-refractivity contribution < 1.29 is 9.90 Å². The summed E-state index contributed by atoms with van der Waals surface area (Å²) in [5.74, 6) is -0.0372. The highest BCUT2D eigenvalue weighted by atomic mass is 32.1. The van der Waals surface area contributed by atoms with Crippen LogP contribution in [-0.4, -0.2) is 33.4 Å². The number of amides is 1. The van der Waals surface area contributed by atoms with Crippen molar-refractivity contribution in [2.75, 3.05) is 6.54 Å². The van der Waals surface area contributed by atoms with E-state index in [1.165, 1.54) is 0 Å². The summed E-state index contributed by atoms with van der Waals surface area (Å²) in [6.45, 7) is 4.25. The lowest BCUT2D eigenvalue weighted by Crippen LogP contribution is -2.35. The normalized spacial score (nSPS) is 13.9. The molecule has 6 heteroatoms. The van der Waals surface area contributed by atoms with E-state index in [2.05, 4.69) is 10.4 Å². The number of nitrogens with one attached hydrogen (secondary N) is 1. The van der Waals surface area contributed by atoms with Gasteiger partial charge in [0, 0.05) is 19.8 Å². The number of hydrogen-bond donors (Lipinski definition) is 2. The Morgan fingerprint density at radius 2 is 2.33 bits per heavy atom. The predicted octanol–water partition coefficient (Wildman–Crippen LogP) is 2.29. The van der Waals surface area contributed by atoms with Crippen LogP contribution < -0.4 is 5.32 Å². The molecule has 2 aromatic rings. The van der Waals surface area contributed by atoms with Crippen molar-refractivity contribution in [1.29, 1.82) is 0 Å². The molecule has 2 heterocycles. The molecule has 0 spiro atoms. The highest BCUT2D eigenvalue weighted by molar-refractivity contribution is 7.13. The van der Waals surface area contributed by atoms with Gasteiger partial charge >= 0.3 is 0 Å². The highest BCUT2D eigenvalue weighted by Gasteiger charge is 2.19. The van der Waals surface area contributed by atoms with Crippen LogP contribution in [0.1, 0.15) is 30.6 Å². The fraction of sp³-hybridized carbons (Fsp3) is 0.467. The fourth-order valence-electron chi connectivity index (χ4n) is 2.02. The van der Waals surface area contributed by atoms with Crippen LogP contribution in [0.5, 0.6) is 0 Å². The van der Waals surface area contributed by atoms with Crippen LogP contribution in [-0.2, 0) is 7.05 Å². The van der Waals surface area contributed by atoms with Gasteiger partial charge in [0.25, 0.3) is 5.91 Å². The molecule has 0 saturated heterocycles. The van der Waals surface area contributed by atoms with Crippen molar-refractivity contribution in [2.24, 2.45) is 13.0 Å². The molecule has 0 aromatic carbocycles. The smallest absolute Gasteiger partial charge is 0.255 e. The molecule has 0 saturated carbocycles. The fourth-order valence-corrected chi connectivity index (χ4v) is 2.74. The zero-order chi connectivity index (χ0) is 15.4. The van der Waals surface area contributed by atoms with E-state index < -0.39 is 6.10 Å². The first kappa shape index (κ1) is 15.7. The van der Waals surface area contributed by atoms with Gasteiger partial charge in [-0.15, -0.1) is 11.3 Å². The number of carbonyl (C=O) groups excluding carboxylic acids is 1. The Hall–Kier alpha value is -1.66. The molecule has 0 aliphatic rings. The number of aliphatic hydroxyl groups is 1. The number of thiophene rings is 1. The predicted molar refractivity (Wildman–Crippen MR) is 84.3 cm³/mol. The van der Waals surface area contributed by atoms with Crippen molar-refractivity contribution >= 4 is 17.2 Å². The molecule has 0 aliphatic carbocycles. The lowest BCUT2D eigenvalue weighted by molar-refractivity contribution is 0.0850. The zero-order valence-electron chi connectivity index (χ0n) is 12.5. The third-order valence-electron chi connectivity index (χ3n) is 3.60. The monoisotopic (exact) mass is 307 g/mol. The summed E-state index contributed by atoms with van der Waals surface area (Å²) in [6.07, 6.45) is 2.06. The Labute approximate surface area is 128 Å². The van der Waals surface area contributed by atoms with E-state index in [1.54, 1.807) is 29.3 Å². The zero-order valence-corrected chi connectivity index (χ0v) is 13.4. The number of aliphatic hydroxyl groups excluding tert-OH is 1. The summed E-state index contributed by atoms with van der Waals surface area (Å²) in [6, 6.07) is 3.88. The number of nitrogens with zero attached hydrogens (tertiary/aromatic N) is 2. The molecule has 5 nitrogen and oxygen atoms in total. The van der Waals surface area contributed by atoms with E-state index in [0.29, 0.717) is 11.3 Å². The molecule has 1 amide bonds. The topological polar surface area (TPSA) is 67.2 Å². The van der Waals surface area contributed by atoms with Crippen molar-refractivity contribution in [3.8, 4) is 10.6 Å². The molecular formula is C15H21N3O2S. The van der Waals surface area contributed by atoms with Crippen LogP contribution in [0.4, 0.5) is 0 Å². The van der Waals surface area contributed by atoms with Crippen LogP contribution in [0.15, 0.2) is 23.7 Å². The van der Waals surface area contributed by atoms with Crippen molar-refractivity contribution in [2.45, 2.75) is 26.4 Å². The van der Waals surface area contributed by atoms with Gasteiger partial charge in [0.1, 0.15) is 5.69 Å². The van der Waals surface area contributed by atoms with Gasteiger partial charge < -0.3 is 10.4 Å². The maximum absolute atomic E-state index is 12.3. The molecule has 0 bridgehead atoms. The van der Waals surface area contributed by atoms with Gasteiger partial charge in [0.2, 0.25) is 0 Å². The van der Waals surface area contributed by atoms with Crippen LogP contribution in [0.2, 0.25) is 0 Å². The second kappa shape index (κ2) is 6.87. The van der Waals surface area contributed by atoms with E-state index in [0.717, 1.165) is 11.3 Å². The van der Waals surface area contributed by atoms with Crippen LogP contribution >= 0.6 is 11.3 Å². The molecule has 2 unspecified atom stereocenters. The summed E-state index contributed by atoms with van der Waals surface area (Å²) in [4.78, 5) is 13.3. The molecule has 0 radical (unpaired) electrons. The molecule has 0 fully saturated rings. The second-order valence-corrected chi connectivity index (χ2v) is 6.15. The average molecular weight is 307 g/mol. The lowest BCUT2D eigenvalue weighted by atomic mass is 10.0. The Morgan fingerprint density at radius 3 is 2.95 bits per heavy atom. The van der Waals surface area contributed by atoms with Gasteiger partial charge in [0.15, 0.2) is 0 Å². The molecule has 2 N–H and O–H groups in total. The first-order chi connectivity index (χ1) is 10.0. The Balaban J connectivity index is 2.10. The Bertz CT molecular complexity index is 592. The SMILES string of the molecule is CCC(C)C(O)CNC(=O)c1cn(C)nc1-c1cccs1. The minimum atomic E-state index is -0.527. The first-order valence-corrected chi connectivity index (χ1v) is 7.94. The van der Waals surface area contributed by atoms with Gasteiger partial charge in [0.05, 0.1) is 16.5 Å². The van der Waals surface area contributed by atoms with Crippen molar-refractivity contribution in [3.05, 3.63) is 29.3 Å². The minimum absolute atomic E-state index is 0.163. The van der Waals surface area contributed by atoms with E-state index in [9.17, 15) is 9.90 Å². The largest absolute Gasteiger partial charge is 0.391 e. The first-order valence-electron chi connectivity index (χ1n) is 7.06. The Morgan fingerprint density at radius 1 is 1.57 bits per heavy atom. The number of hydrogen-bond acceptors (Lipinski definition) is 4. The number of rotatable bonds is 6. The van der Waals surface area contributed by atoms with Crippen LogP contribution in [0, 0.1) is 5.92 Å². The van der Waals surface area contributed by atoms with Crippen LogP contribution in [0.25, 0.3) is 10.6 Å². The van der Waals surface area contributed by atoms with Crippen molar-refractivity contribution in [1.82, 2.24) is 15.1 Å². The molecule has 2 rings (SSSR count). The lowest BCUT2D eigenvalue weighted by Gasteiger charge is -2.17. The maximum Gasteiger partial charge on any atom is 0.255 e. The summed E-state index contributed by atoms with van der Waals surface area (Å²) in [5.41, 5.74) is 1.22. The third-order valence-corrected chi connectivity index (χ3v) is 4.48. The van der Waals surface area contributed by atoms with E-state index in [-0.39, 0.29) is 18.4 Å². The molecule has 0 aliphatic heterocycles. The van der Waals surface area contributed by atoms with Gasteiger partial charge in [-0.05, 0) is 17.4 Å². The molecule has 21 heavy (non-hydrogen) atoms. The average Bonchev–Trinajstić information content (AvgIpc) is 3.12. The standard InChI is InChI=1S/C15H21N3O2S/c1-4-10(2)12(19)8-16-15(20)11-9-18(3)17-14(11)13-6-5-7-21-13/h5-7,9-10,12,19H,4,8H2,1-3H3,(H,16,20).